The lowest BCUT2D eigenvalue weighted by molar-refractivity contribution is 0.154. The van der Waals surface area contributed by atoms with Gasteiger partial charge in [0, 0.05) is 19.0 Å². The predicted octanol–water partition coefficient (Wildman–Crippen LogP) is 1.15. The van der Waals surface area contributed by atoms with E-state index < -0.39 is 15.1 Å². The zero-order chi connectivity index (χ0) is 15.2. The average Bonchev–Trinajstić information content (AvgIpc) is 2.69. The molecule has 1 aromatic heterocycles. The smallest absolute Gasteiger partial charge is 0.190 e. The Bertz CT molecular complexity index is 658. The lowest BCUT2D eigenvalue weighted by atomic mass is 10.2. The number of sulfone groups is 1. The van der Waals surface area contributed by atoms with Gasteiger partial charge in [0.05, 0.1) is 18.9 Å². The number of anilines is 1. The summed E-state index contributed by atoms with van der Waals surface area (Å²) in [7, 11) is -3.41. The molecule has 1 fully saturated rings. The minimum absolute atomic E-state index is 0.171. The zero-order valence-electron chi connectivity index (χ0n) is 12.7. The van der Waals surface area contributed by atoms with Crippen molar-refractivity contribution in [2.75, 3.05) is 31.2 Å². The number of aromatic nitrogens is 2. The van der Waals surface area contributed by atoms with Crippen LogP contribution in [0, 0.1) is 0 Å². The minimum atomic E-state index is -3.41. The van der Waals surface area contributed by atoms with Crippen molar-refractivity contribution in [3.63, 3.8) is 0 Å². The Labute approximate surface area is 125 Å². The maximum absolute atomic E-state index is 12.8. The molecule has 0 saturated carbocycles. The molecular formula is C14H21N3O3S. The summed E-state index contributed by atoms with van der Waals surface area (Å²) in [5, 5.41) is -0.508. The normalized spacial score (nSPS) is 23.8. The van der Waals surface area contributed by atoms with Gasteiger partial charge < -0.3 is 9.64 Å². The van der Waals surface area contributed by atoms with Gasteiger partial charge in [0.2, 0.25) is 0 Å². The van der Waals surface area contributed by atoms with Gasteiger partial charge in [-0.05, 0) is 6.42 Å². The molecule has 21 heavy (non-hydrogen) atoms. The van der Waals surface area contributed by atoms with Crippen LogP contribution in [-0.4, -0.2) is 49.9 Å². The zero-order valence-corrected chi connectivity index (χ0v) is 13.5. The van der Waals surface area contributed by atoms with Crippen LogP contribution >= 0.6 is 0 Å². The van der Waals surface area contributed by atoms with E-state index >= 15 is 0 Å². The number of ether oxygens (including phenoxy) is 1. The van der Waals surface area contributed by atoms with Gasteiger partial charge in [-0.25, -0.2) is 18.4 Å². The Morgan fingerprint density at radius 3 is 2.81 bits per heavy atom. The predicted molar refractivity (Wildman–Crippen MR) is 79.5 cm³/mol. The van der Waals surface area contributed by atoms with E-state index in [1.807, 2.05) is 25.7 Å². The van der Waals surface area contributed by atoms with Gasteiger partial charge in [-0.15, -0.1) is 0 Å². The van der Waals surface area contributed by atoms with Crippen molar-refractivity contribution in [3.8, 4) is 0 Å². The molecule has 0 aliphatic carbocycles. The highest BCUT2D eigenvalue weighted by Gasteiger charge is 2.42. The Balaban J connectivity index is 2.27. The summed E-state index contributed by atoms with van der Waals surface area (Å²) in [6.45, 7) is 7.91. The van der Waals surface area contributed by atoms with Crippen molar-refractivity contribution < 1.29 is 13.2 Å². The number of fused-ring (bicyclic) bond motifs is 4. The van der Waals surface area contributed by atoms with Crippen LogP contribution in [0.15, 0.2) is 4.90 Å². The van der Waals surface area contributed by atoms with Crippen LogP contribution in [0.5, 0.6) is 0 Å². The molecule has 0 amide bonds. The van der Waals surface area contributed by atoms with E-state index in [1.165, 1.54) is 0 Å². The highest BCUT2D eigenvalue weighted by molar-refractivity contribution is 7.92. The molecule has 2 aliphatic heterocycles. The number of aryl methyl sites for hydroxylation is 1. The molecule has 2 bridgehead atoms. The molecule has 0 N–H and O–H groups in total. The number of hydrogen-bond acceptors (Lipinski definition) is 6. The van der Waals surface area contributed by atoms with Crippen LogP contribution in [-0.2, 0) is 21.0 Å². The second kappa shape index (κ2) is 5.21. The molecule has 0 radical (unpaired) electrons. The summed E-state index contributed by atoms with van der Waals surface area (Å²) in [5.74, 6) is 1.46. The highest BCUT2D eigenvalue weighted by Crippen LogP contribution is 2.36. The van der Waals surface area contributed by atoms with Crippen LogP contribution in [0.4, 0.5) is 5.82 Å². The van der Waals surface area contributed by atoms with Crippen molar-refractivity contribution in [2.45, 2.75) is 43.3 Å². The Kier molecular flexibility index (Phi) is 3.65. The van der Waals surface area contributed by atoms with Crippen molar-refractivity contribution in [2.24, 2.45) is 0 Å². The minimum Gasteiger partial charge on any atom is -0.378 e. The van der Waals surface area contributed by atoms with Crippen molar-refractivity contribution in [3.05, 3.63) is 11.5 Å². The summed E-state index contributed by atoms with van der Waals surface area (Å²) >= 11 is 0. The Hall–Kier alpha value is -1.21. The fourth-order valence-electron chi connectivity index (χ4n) is 2.83. The first-order chi connectivity index (χ1) is 9.95. The number of rotatable bonds is 2. The van der Waals surface area contributed by atoms with Gasteiger partial charge in [0.25, 0.3) is 0 Å². The molecule has 3 rings (SSSR count). The van der Waals surface area contributed by atoms with Gasteiger partial charge in [-0.1, -0.05) is 20.8 Å². The first-order valence-electron chi connectivity index (χ1n) is 7.42. The first-order valence-corrected chi connectivity index (χ1v) is 8.97. The summed E-state index contributed by atoms with van der Waals surface area (Å²) in [6.07, 6.45) is 0.589. The Morgan fingerprint density at radius 1 is 1.38 bits per heavy atom. The molecule has 1 unspecified atom stereocenters. The molecule has 1 aromatic rings. The second-order valence-electron chi connectivity index (χ2n) is 5.88. The number of hydrogen-bond donors (Lipinski definition) is 0. The third-order valence-electron chi connectivity index (χ3n) is 4.04. The average molecular weight is 311 g/mol. The van der Waals surface area contributed by atoms with Crippen LogP contribution < -0.4 is 4.90 Å². The lowest BCUT2D eigenvalue weighted by Gasteiger charge is -2.33. The first kappa shape index (κ1) is 14.7. The quantitative estimate of drug-likeness (QED) is 0.816. The second-order valence-corrected chi connectivity index (χ2v) is 8.04. The topological polar surface area (TPSA) is 72.4 Å². The van der Waals surface area contributed by atoms with E-state index in [-0.39, 0.29) is 12.5 Å². The fourth-order valence-corrected chi connectivity index (χ4v) is 4.76. The maximum atomic E-state index is 12.8. The van der Waals surface area contributed by atoms with Gasteiger partial charge in [0.1, 0.15) is 16.0 Å². The molecule has 0 aromatic carbocycles. The monoisotopic (exact) mass is 311 g/mol. The van der Waals surface area contributed by atoms with Crippen LogP contribution in [0.3, 0.4) is 0 Å². The molecule has 1 saturated heterocycles. The third-order valence-corrected chi connectivity index (χ3v) is 6.19. The summed E-state index contributed by atoms with van der Waals surface area (Å²) in [4.78, 5) is 11.4. The Morgan fingerprint density at radius 2 is 2.14 bits per heavy atom. The van der Waals surface area contributed by atoms with Crippen LogP contribution in [0.25, 0.3) is 0 Å². The van der Waals surface area contributed by atoms with E-state index in [2.05, 4.69) is 9.97 Å². The maximum Gasteiger partial charge on any atom is 0.190 e. The molecule has 7 heteroatoms. The van der Waals surface area contributed by atoms with E-state index in [9.17, 15) is 8.42 Å². The van der Waals surface area contributed by atoms with E-state index in [0.29, 0.717) is 48.3 Å². The molecule has 2 aliphatic rings. The molecule has 3 heterocycles. The molecule has 116 valence electrons. The van der Waals surface area contributed by atoms with Crippen molar-refractivity contribution >= 4 is 15.7 Å². The molecule has 0 spiro atoms. The lowest BCUT2D eigenvalue weighted by Crippen LogP contribution is -2.44. The summed E-state index contributed by atoms with van der Waals surface area (Å²) in [5.41, 5.74) is 0.639. The largest absolute Gasteiger partial charge is 0.378 e. The van der Waals surface area contributed by atoms with Gasteiger partial charge >= 0.3 is 0 Å². The standard InChI is InChI=1S/C14H21N3O3S/c1-4-11-12-14(16-13(15-11)9(2)3)17-5-6-20-8-10(7-17)21(12,18)19/h9-10H,4-8H2,1-3H3. The molecular weight excluding hydrogens is 290 g/mol. The highest BCUT2D eigenvalue weighted by atomic mass is 32.2. The van der Waals surface area contributed by atoms with E-state index in [4.69, 9.17) is 4.74 Å². The summed E-state index contributed by atoms with van der Waals surface area (Å²) in [6, 6.07) is 0. The SMILES string of the molecule is CCc1nc(C(C)C)nc2c1S(=O)(=O)C1COCCN2C1. The molecule has 1 atom stereocenters. The molecule has 6 nitrogen and oxygen atoms in total. The van der Waals surface area contributed by atoms with Crippen LogP contribution in [0.1, 0.15) is 38.2 Å². The van der Waals surface area contributed by atoms with Gasteiger partial charge in [-0.2, -0.15) is 0 Å². The van der Waals surface area contributed by atoms with Gasteiger partial charge in [-0.3, -0.25) is 0 Å². The van der Waals surface area contributed by atoms with E-state index in [0.717, 1.165) is 0 Å². The summed E-state index contributed by atoms with van der Waals surface area (Å²) < 4.78 is 31.1. The van der Waals surface area contributed by atoms with Gasteiger partial charge in [0.15, 0.2) is 15.7 Å². The number of nitrogens with zero attached hydrogens (tertiary/aromatic N) is 3. The van der Waals surface area contributed by atoms with Crippen molar-refractivity contribution in [1.82, 2.24) is 9.97 Å². The van der Waals surface area contributed by atoms with E-state index in [1.54, 1.807) is 0 Å². The van der Waals surface area contributed by atoms with Crippen molar-refractivity contribution in [1.29, 1.82) is 0 Å². The third kappa shape index (κ3) is 2.32. The van der Waals surface area contributed by atoms with Crippen LogP contribution in [0.2, 0.25) is 0 Å². The fraction of sp³-hybridized carbons (Fsp3) is 0.714.